The number of nitrogens with one attached hydrogen (secondary N) is 1. The standard InChI is InChI=1S/C17H21N3O/c1-13-10-14(15-6-2-3-7-16(15)19-13)11-18-12-17(21)20-8-4-5-9-20/h2-3,6-7,10,18H,4-5,8-9,11-12H2,1H3. The van der Waals surface area contributed by atoms with Gasteiger partial charge in [-0.05, 0) is 37.5 Å². The van der Waals surface area contributed by atoms with E-state index in [0.717, 1.165) is 42.5 Å². The first-order valence-electron chi connectivity index (χ1n) is 7.58. The second-order valence-electron chi connectivity index (χ2n) is 5.63. The number of benzene rings is 1. The largest absolute Gasteiger partial charge is 0.342 e. The Kier molecular flexibility index (Phi) is 4.15. The molecule has 1 amide bonds. The van der Waals surface area contributed by atoms with Crippen LogP contribution in [0.15, 0.2) is 30.3 Å². The SMILES string of the molecule is Cc1cc(CNCC(=O)N2CCCC2)c2ccccc2n1. The van der Waals surface area contributed by atoms with E-state index in [2.05, 4.69) is 22.4 Å². The summed E-state index contributed by atoms with van der Waals surface area (Å²) in [6.07, 6.45) is 2.28. The predicted octanol–water partition coefficient (Wildman–Crippen LogP) is 2.26. The maximum absolute atomic E-state index is 12.0. The molecule has 110 valence electrons. The number of para-hydroxylation sites is 1. The van der Waals surface area contributed by atoms with Gasteiger partial charge in [-0.15, -0.1) is 0 Å². The van der Waals surface area contributed by atoms with E-state index in [0.29, 0.717) is 13.1 Å². The van der Waals surface area contributed by atoms with Crippen molar-refractivity contribution in [2.75, 3.05) is 19.6 Å². The maximum atomic E-state index is 12.0. The Bertz CT molecular complexity index is 648. The number of carbonyl (C=O) groups excluding carboxylic acids is 1. The smallest absolute Gasteiger partial charge is 0.236 e. The number of fused-ring (bicyclic) bond motifs is 1. The molecule has 0 aliphatic carbocycles. The van der Waals surface area contributed by atoms with Crippen molar-refractivity contribution in [3.8, 4) is 0 Å². The van der Waals surface area contributed by atoms with Crippen LogP contribution >= 0.6 is 0 Å². The van der Waals surface area contributed by atoms with Crippen molar-refractivity contribution >= 4 is 16.8 Å². The number of pyridine rings is 1. The van der Waals surface area contributed by atoms with Gasteiger partial charge < -0.3 is 10.2 Å². The average molecular weight is 283 g/mol. The molecule has 1 aliphatic rings. The van der Waals surface area contributed by atoms with Crippen LogP contribution in [0.3, 0.4) is 0 Å². The molecular formula is C17H21N3O. The molecule has 2 aromatic rings. The van der Waals surface area contributed by atoms with Crippen LogP contribution in [0.2, 0.25) is 0 Å². The van der Waals surface area contributed by atoms with Gasteiger partial charge in [0.2, 0.25) is 5.91 Å². The van der Waals surface area contributed by atoms with Crippen LogP contribution in [0.25, 0.3) is 10.9 Å². The molecule has 4 nitrogen and oxygen atoms in total. The van der Waals surface area contributed by atoms with Crippen molar-refractivity contribution in [3.63, 3.8) is 0 Å². The quantitative estimate of drug-likeness (QED) is 0.936. The first-order chi connectivity index (χ1) is 10.2. The zero-order chi connectivity index (χ0) is 14.7. The molecule has 1 N–H and O–H groups in total. The van der Waals surface area contributed by atoms with Gasteiger partial charge in [-0.1, -0.05) is 18.2 Å². The van der Waals surface area contributed by atoms with Crippen LogP contribution in [-0.4, -0.2) is 35.4 Å². The summed E-state index contributed by atoms with van der Waals surface area (Å²) in [5, 5.41) is 4.44. The maximum Gasteiger partial charge on any atom is 0.236 e. The molecule has 0 atom stereocenters. The lowest BCUT2D eigenvalue weighted by molar-refractivity contribution is -0.129. The van der Waals surface area contributed by atoms with Gasteiger partial charge in [0.1, 0.15) is 0 Å². The third-order valence-corrected chi connectivity index (χ3v) is 3.98. The second-order valence-corrected chi connectivity index (χ2v) is 5.63. The van der Waals surface area contributed by atoms with Gasteiger partial charge in [-0.25, -0.2) is 0 Å². The van der Waals surface area contributed by atoms with E-state index >= 15 is 0 Å². The molecular weight excluding hydrogens is 262 g/mol. The van der Waals surface area contributed by atoms with Crippen molar-refractivity contribution in [2.45, 2.75) is 26.3 Å². The highest BCUT2D eigenvalue weighted by molar-refractivity contribution is 5.82. The van der Waals surface area contributed by atoms with E-state index in [1.54, 1.807) is 0 Å². The molecule has 4 heteroatoms. The Morgan fingerprint density at radius 2 is 2.05 bits per heavy atom. The number of aryl methyl sites for hydroxylation is 1. The number of hydrogen-bond donors (Lipinski definition) is 1. The molecule has 21 heavy (non-hydrogen) atoms. The lowest BCUT2D eigenvalue weighted by atomic mass is 10.1. The lowest BCUT2D eigenvalue weighted by Crippen LogP contribution is -2.36. The van der Waals surface area contributed by atoms with Gasteiger partial charge in [0.05, 0.1) is 12.1 Å². The summed E-state index contributed by atoms with van der Waals surface area (Å²) < 4.78 is 0. The van der Waals surface area contributed by atoms with Gasteiger partial charge in [-0.3, -0.25) is 9.78 Å². The fourth-order valence-corrected chi connectivity index (χ4v) is 2.92. The fourth-order valence-electron chi connectivity index (χ4n) is 2.92. The van der Waals surface area contributed by atoms with Crippen LogP contribution in [0, 0.1) is 6.92 Å². The Balaban J connectivity index is 1.66. The Morgan fingerprint density at radius 1 is 1.29 bits per heavy atom. The van der Waals surface area contributed by atoms with Crippen molar-refractivity contribution in [1.29, 1.82) is 0 Å². The molecule has 1 aliphatic heterocycles. The minimum Gasteiger partial charge on any atom is -0.342 e. The van der Waals surface area contributed by atoms with Gasteiger partial charge >= 0.3 is 0 Å². The molecule has 0 unspecified atom stereocenters. The van der Waals surface area contributed by atoms with Crippen LogP contribution in [0.4, 0.5) is 0 Å². The summed E-state index contributed by atoms with van der Waals surface area (Å²) in [5.74, 6) is 0.211. The molecule has 3 rings (SSSR count). The molecule has 0 spiro atoms. The first-order valence-corrected chi connectivity index (χ1v) is 7.58. The zero-order valence-electron chi connectivity index (χ0n) is 12.4. The van der Waals surface area contributed by atoms with E-state index in [9.17, 15) is 4.79 Å². The summed E-state index contributed by atoms with van der Waals surface area (Å²) in [6.45, 7) is 4.94. The number of amides is 1. The number of rotatable bonds is 4. The van der Waals surface area contributed by atoms with E-state index in [4.69, 9.17) is 0 Å². The highest BCUT2D eigenvalue weighted by atomic mass is 16.2. The van der Waals surface area contributed by atoms with Crippen LogP contribution < -0.4 is 5.32 Å². The molecule has 1 aromatic carbocycles. The third kappa shape index (κ3) is 3.22. The van der Waals surface area contributed by atoms with Crippen molar-refractivity contribution in [1.82, 2.24) is 15.2 Å². The molecule has 1 aromatic heterocycles. The number of aromatic nitrogens is 1. The Morgan fingerprint density at radius 3 is 2.86 bits per heavy atom. The van der Waals surface area contributed by atoms with Crippen molar-refractivity contribution < 1.29 is 4.79 Å². The number of likely N-dealkylation sites (tertiary alicyclic amines) is 1. The summed E-state index contributed by atoms with van der Waals surface area (Å²) in [5.41, 5.74) is 3.23. The number of hydrogen-bond acceptors (Lipinski definition) is 3. The van der Waals surface area contributed by atoms with E-state index in [-0.39, 0.29) is 5.91 Å². The van der Waals surface area contributed by atoms with Crippen molar-refractivity contribution in [3.05, 3.63) is 41.6 Å². The highest BCUT2D eigenvalue weighted by Gasteiger charge is 2.17. The molecule has 0 radical (unpaired) electrons. The molecule has 1 saturated heterocycles. The monoisotopic (exact) mass is 283 g/mol. The molecule has 0 bridgehead atoms. The van der Waals surface area contributed by atoms with Gasteiger partial charge in [0.25, 0.3) is 0 Å². The Hall–Kier alpha value is -1.94. The van der Waals surface area contributed by atoms with Gasteiger partial charge in [-0.2, -0.15) is 0 Å². The summed E-state index contributed by atoms with van der Waals surface area (Å²) in [7, 11) is 0. The van der Waals surface area contributed by atoms with E-state index < -0.39 is 0 Å². The van der Waals surface area contributed by atoms with E-state index in [1.165, 1.54) is 5.56 Å². The third-order valence-electron chi connectivity index (χ3n) is 3.98. The number of nitrogens with zero attached hydrogens (tertiary/aromatic N) is 2. The van der Waals surface area contributed by atoms with Crippen LogP contribution in [0.5, 0.6) is 0 Å². The first kappa shape index (κ1) is 14.0. The lowest BCUT2D eigenvalue weighted by Gasteiger charge is -2.16. The average Bonchev–Trinajstić information content (AvgIpc) is 3.01. The second kappa shape index (κ2) is 6.22. The normalized spacial score (nSPS) is 14.8. The predicted molar refractivity (Wildman–Crippen MR) is 84.0 cm³/mol. The summed E-state index contributed by atoms with van der Waals surface area (Å²) in [6, 6.07) is 10.2. The minimum atomic E-state index is 0.211. The molecule has 1 fully saturated rings. The number of carbonyl (C=O) groups is 1. The highest BCUT2D eigenvalue weighted by Crippen LogP contribution is 2.18. The van der Waals surface area contributed by atoms with Crippen LogP contribution in [0.1, 0.15) is 24.1 Å². The van der Waals surface area contributed by atoms with Gasteiger partial charge in [0, 0.05) is 30.7 Å². The molecule has 0 saturated carbocycles. The fraction of sp³-hybridized carbons (Fsp3) is 0.412. The Labute approximate surface area is 125 Å². The topological polar surface area (TPSA) is 45.2 Å². The van der Waals surface area contributed by atoms with Gasteiger partial charge in [0.15, 0.2) is 0 Å². The zero-order valence-corrected chi connectivity index (χ0v) is 12.4. The summed E-state index contributed by atoms with van der Waals surface area (Å²) in [4.78, 5) is 18.5. The minimum absolute atomic E-state index is 0.211. The van der Waals surface area contributed by atoms with Crippen LogP contribution in [-0.2, 0) is 11.3 Å². The summed E-state index contributed by atoms with van der Waals surface area (Å²) >= 11 is 0. The van der Waals surface area contributed by atoms with E-state index in [1.807, 2.05) is 30.0 Å². The van der Waals surface area contributed by atoms with Crippen molar-refractivity contribution in [2.24, 2.45) is 0 Å². The molecule has 2 heterocycles.